The third-order valence-corrected chi connectivity index (χ3v) is 5.44. The predicted octanol–water partition coefficient (Wildman–Crippen LogP) is 3.34. The number of benzene rings is 2. The fourth-order valence-corrected chi connectivity index (χ4v) is 3.62. The molecular formula is C26H31NO6. The Balaban J connectivity index is 1.68. The third kappa shape index (κ3) is 7.44. The lowest BCUT2D eigenvalue weighted by molar-refractivity contribution is -0.146. The Morgan fingerprint density at radius 3 is 2.55 bits per heavy atom. The van der Waals surface area contributed by atoms with E-state index in [1.54, 1.807) is 18.2 Å². The molecule has 1 aliphatic rings. The number of aliphatic hydroxyl groups excluding tert-OH is 1. The van der Waals surface area contributed by atoms with Crippen LogP contribution in [0, 0.1) is 0 Å². The molecule has 7 heteroatoms. The summed E-state index contributed by atoms with van der Waals surface area (Å²) in [6.45, 7) is 1.03. The van der Waals surface area contributed by atoms with Crippen LogP contribution in [-0.4, -0.2) is 50.1 Å². The summed E-state index contributed by atoms with van der Waals surface area (Å²) < 4.78 is 16.5. The van der Waals surface area contributed by atoms with E-state index < -0.39 is 12.3 Å². The van der Waals surface area contributed by atoms with Gasteiger partial charge in [-0.25, -0.2) is 4.79 Å². The maximum atomic E-state index is 12.8. The van der Waals surface area contributed by atoms with Gasteiger partial charge in [-0.3, -0.25) is 4.79 Å². The summed E-state index contributed by atoms with van der Waals surface area (Å²) in [5, 5.41) is 11.9. The molecule has 0 spiro atoms. The van der Waals surface area contributed by atoms with E-state index >= 15 is 0 Å². The largest absolute Gasteiger partial charge is 0.465 e. The Bertz CT molecular complexity index is 926. The van der Waals surface area contributed by atoms with Crippen molar-refractivity contribution < 1.29 is 28.9 Å². The number of ether oxygens (including phenoxy) is 3. The van der Waals surface area contributed by atoms with Gasteiger partial charge in [-0.1, -0.05) is 42.5 Å². The van der Waals surface area contributed by atoms with Gasteiger partial charge in [0.1, 0.15) is 0 Å². The number of esters is 1. The lowest BCUT2D eigenvalue weighted by atomic mass is 9.92. The number of allylic oxidation sites excluding steroid dienone is 1. The van der Waals surface area contributed by atoms with Crippen LogP contribution >= 0.6 is 0 Å². The number of hydrogen-bond acceptors (Lipinski definition) is 6. The lowest BCUT2D eigenvalue weighted by Gasteiger charge is -2.29. The summed E-state index contributed by atoms with van der Waals surface area (Å²) in [6.07, 6.45) is 3.84. The average molecular weight is 454 g/mol. The zero-order valence-corrected chi connectivity index (χ0v) is 18.9. The first kappa shape index (κ1) is 24.5. The summed E-state index contributed by atoms with van der Waals surface area (Å²) in [7, 11) is 1.35. The number of methoxy groups -OCH3 is 1. The van der Waals surface area contributed by atoms with Gasteiger partial charge in [0.05, 0.1) is 19.3 Å². The van der Waals surface area contributed by atoms with Crippen LogP contribution in [0.5, 0.6) is 0 Å². The SMILES string of the molecule is COC(=O)c1ccc([C@H]2C=C(C(=O)NCCc3ccccc3)O[C@@H](OCCCCO)C2)cc1. The van der Waals surface area contributed by atoms with E-state index in [-0.39, 0.29) is 24.2 Å². The Morgan fingerprint density at radius 2 is 1.85 bits per heavy atom. The van der Waals surface area contributed by atoms with E-state index in [0.717, 1.165) is 17.5 Å². The molecule has 2 atom stereocenters. The van der Waals surface area contributed by atoms with Crippen molar-refractivity contribution in [3.63, 3.8) is 0 Å². The molecule has 0 unspecified atom stereocenters. The summed E-state index contributed by atoms with van der Waals surface area (Å²) in [4.78, 5) is 24.5. The minimum Gasteiger partial charge on any atom is -0.465 e. The Kier molecular flexibility index (Phi) is 9.47. The Hall–Kier alpha value is -3.16. The maximum absolute atomic E-state index is 12.8. The van der Waals surface area contributed by atoms with Crippen molar-refractivity contribution in [2.45, 2.75) is 37.9 Å². The molecule has 7 nitrogen and oxygen atoms in total. The summed E-state index contributed by atoms with van der Waals surface area (Å²) in [5.74, 6) is -0.565. The van der Waals surface area contributed by atoms with Gasteiger partial charge >= 0.3 is 5.97 Å². The number of aliphatic hydroxyl groups is 1. The third-order valence-electron chi connectivity index (χ3n) is 5.44. The minimum atomic E-state index is -0.575. The van der Waals surface area contributed by atoms with Crippen molar-refractivity contribution in [1.82, 2.24) is 5.32 Å². The van der Waals surface area contributed by atoms with Crippen LogP contribution in [0.4, 0.5) is 0 Å². The first-order valence-electron chi connectivity index (χ1n) is 11.2. The fraction of sp³-hybridized carbons (Fsp3) is 0.385. The van der Waals surface area contributed by atoms with E-state index in [4.69, 9.17) is 19.3 Å². The molecule has 0 bridgehead atoms. The second-order valence-electron chi connectivity index (χ2n) is 7.83. The molecule has 176 valence electrons. The second kappa shape index (κ2) is 12.8. The smallest absolute Gasteiger partial charge is 0.337 e. The Morgan fingerprint density at radius 1 is 1.09 bits per heavy atom. The predicted molar refractivity (Wildman–Crippen MR) is 124 cm³/mol. The first-order valence-corrected chi connectivity index (χ1v) is 11.2. The van der Waals surface area contributed by atoms with Crippen LogP contribution in [0.2, 0.25) is 0 Å². The highest BCUT2D eigenvalue weighted by Gasteiger charge is 2.28. The standard InChI is InChI=1S/C26H31NO6/c1-31-26(30)21-11-9-20(10-12-21)22-17-23(33-24(18-22)32-16-6-5-15-28)25(29)27-14-13-19-7-3-2-4-8-19/h2-4,7-12,17,22,24,28H,5-6,13-16,18H2,1H3,(H,27,29)/t22-,24+/m0/s1. The number of amides is 1. The molecule has 2 N–H and O–H groups in total. The highest BCUT2D eigenvalue weighted by Crippen LogP contribution is 2.31. The summed E-state index contributed by atoms with van der Waals surface area (Å²) in [6, 6.07) is 17.1. The van der Waals surface area contributed by atoms with Gasteiger partial charge in [-0.15, -0.1) is 0 Å². The number of carbonyl (C=O) groups is 2. The van der Waals surface area contributed by atoms with Crippen LogP contribution in [0.3, 0.4) is 0 Å². The van der Waals surface area contributed by atoms with Crippen LogP contribution < -0.4 is 5.32 Å². The van der Waals surface area contributed by atoms with Crippen molar-refractivity contribution in [2.75, 3.05) is 26.9 Å². The number of rotatable bonds is 11. The topological polar surface area (TPSA) is 94.1 Å². The van der Waals surface area contributed by atoms with Gasteiger partial charge in [0.2, 0.25) is 6.29 Å². The van der Waals surface area contributed by atoms with E-state index in [0.29, 0.717) is 38.0 Å². The van der Waals surface area contributed by atoms with Gasteiger partial charge < -0.3 is 24.6 Å². The summed E-state index contributed by atoms with van der Waals surface area (Å²) >= 11 is 0. The molecule has 0 aromatic heterocycles. The van der Waals surface area contributed by atoms with Crippen LogP contribution in [0.15, 0.2) is 66.4 Å². The fourth-order valence-electron chi connectivity index (χ4n) is 3.62. The van der Waals surface area contributed by atoms with E-state index in [1.165, 1.54) is 7.11 Å². The highest BCUT2D eigenvalue weighted by atomic mass is 16.7. The lowest BCUT2D eigenvalue weighted by Crippen LogP contribution is -2.34. The van der Waals surface area contributed by atoms with Crippen molar-refractivity contribution >= 4 is 11.9 Å². The van der Waals surface area contributed by atoms with Crippen molar-refractivity contribution in [3.05, 3.63) is 83.1 Å². The first-order chi connectivity index (χ1) is 16.1. The molecule has 2 aromatic rings. The zero-order chi connectivity index (χ0) is 23.5. The van der Waals surface area contributed by atoms with E-state index in [9.17, 15) is 9.59 Å². The Labute approximate surface area is 194 Å². The highest BCUT2D eigenvalue weighted by molar-refractivity contribution is 5.92. The monoisotopic (exact) mass is 453 g/mol. The molecule has 0 radical (unpaired) electrons. The van der Waals surface area contributed by atoms with Crippen molar-refractivity contribution in [3.8, 4) is 0 Å². The molecule has 0 saturated carbocycles. The average Bonchev–Trinajstić information content (AvgIpc) is 2.86. The number of hydrogen-bond donors (Lipinski definition) is 2. The number of nitrogens with one attached hydrogen (secondary N) is 1. The second-order valence-corrected chi connectivity index (χ2v) is 7.83. The number of unbranched alkanes of at least 4 members (excludes halogenated alkanes) is 1. The van der Waals surface area contributed by atoms with Crippen molar-refractivity contribution in [1.29, 1.82) is 0 Å². The van der Waals surface area contributed by atoms with Gasteiger partial charge in [0, 0.05) is 25.5 Å². The van der Waals surface area contributed by atoms with Gasteiger partial charge in [-0.05, 0) is 48.6 Å². The quantitative estimate of drug-likeness (QED) is 0.400. The molecule has 3 rings (SSSR count). The molecule has 0 fully saturated rings. The molecule has 1 aliphatic heterocycles. The van der Waals surface area contributed by atoms with E-state index in [2.05, 4.69) is 5.32 Å². The zero-order valence-electron chi connectivity index (χ0n) is 18.9. The molecule has 2 aromatic carbocycles. The minimum absolute atomic E-state index is 0.108. The van der Waals surface area contributed by atoms with Crippen molar-refractivity contribution in [2.24, 2.45) is 0 Å². The van der Waals surface area contributed by atoms with E-state index in [1.807, 2.05) is 42.5 Å². The van der Waals surface area contributed by atoms with Gasteiger partial charge in [0.15, 0.2) is 5.76 Å². The summed E-state index contributed by atoms with van der Waals surface area (Å²) in [5.41, 5.74) is 2.56. The molecule has 0 aliphatic carbocycles. The normalized spacial score (nSPS) is 17.6. The number of carbonyl (C=O) groups excluding carboxylic acids is 2. The van der Waals surface area contributed by atoms with Crippen LogP contribution in [0.1, 0.15) is 46.7 Å². The maximum Gasteiger partial charge on any atom is 0.337 e. The molecule has 33 heavy (non-hydrogen) atoms. The van der Waals surface area contributed by atoms with Gasteiger partial charge in [-0.2, -0.15) is 0 Å². The molecular weight excluding hydrogens is 422 g/mol. The van der Waals surface area contributed by atoms with Crippen LogP contribution in [0.25, 0.3) is 0 Å². The molecule has 1 heterocycles. The molecule has 1 amide bonds. The van der Waals surface area contributed by atoms with Gasteiger partial charge in [0.25, 0.3) is 5.91 Å². The van der Waals surface area contributed by atoms with Crippen LogP contribution in [-0.2, 0) is 25.4 Å². The molecule has 0 saturated heterocycles.